The van der Waals surface area contributed by atoms with Gasteiger partial charge in [0.1, 0.15) is 5.60 Å². The molecule has 1 unspecified atom stereocenters. The zero-order valence-electron chi connectivity index (χ0n) is 13.3. The van der Waals surface area contributed by atoms with Crippen molar-refractivity contribution in [3.63, 3.8) is 0 Å². The van der Waals surface area contributed by atoms with E-state index in [1.54, 1.807) is 0 Å². The van der Waals surface area contributed by atoms with E-state index in [-0.39, 0.29) is 5.60 Å². The molecule has 0 radical (unpaired) electrons. The smallest absolute Gasteiger partial charge is 0.160 e. The molecule has 1 aliphatic heterocycles. The van der Waals surface area contributed by atoms with Gasteiger partial charge in [0.25, 0.3) is 0 Å². The molecule has 1 fully saturated rings. The van der Waals surface area contributed by atoms with Crippen molar-refractivity contribution in [3.8, 4) is 0 Å². The summed E-state index contributed by atoms with van der Waals surface area (Å²) in [7, 11) is 0. The van der Waals surface area contributed by atoms with Crippen molar-refractivity contribution in [2.75, 3.05) is 19.7 Å². The molecular weight excluding hydrogens is 250 g/mol. The molecule has 0 aliphatic carbocycles. The number of nitrogens with zero attached hydrogens (tertiary/aromatic N) is 2. The van der Waals surface area contributed by atoms with Crippen LogP contribution in [0.3, 0.4) is 0 Å². The summed E-state index contributed by atoms with van der Waals surface area (Å²) < 4.78 is 5.96. The van der Waals surface area contributed by atoms with Crippen molar-refractivity contribution >= 4 is 0 Å². The topological polar surface area (TPSA) is 47.0 Å². The Morgan fingerprint density at radius 1 is 1.20 bits per heavy atom. The van der Waals surface area contributed by atoms with Crippen LogP contribution in [-0.2, 0) is 16.8 Å². The van der Waals surface area contributed by atoms with Crippen LogP contribution in [0, 0.1) is 13.8 Å². The van der Waals surface area contributed by atoms with Crippen LogP contribution in [0.4, 0.5) is 0 Å². The normalized spacial score (nSPS) is 23.0. The highest BCUT2D eigenvalue weighted by atomic mass is 16.5. The van der Waals surface area contributed by atoms with Gasteiger partial charge in [-0.15, -0.1) is 0 Å². The molecule has 20 heavy (non-hydrogen) atoms. The molecule has 1 atom stereocenters. The van der Waals surface area contributed by atoms with Gasteiger partial charge in [0.15, 0.2) is 5.82 Å². The molecule has 2 heterocycles. The molecule has 0 amide bonds. The molecule has 0 aromatic carbocycles. The van der Waals surface area contributed by atoms with Crippen LogP contribution in [0.1, 0.15) is 55.9 Å². The predicted octanol–water partition coefficient (Wildman–Crippen LogP) is 2.66. The third-order valence-corrected chi connectivity index (χ3v) is 4.16. The molecule has 1 aromatic rings. The molecule has 1 N–H and O–H groups in total. The fourth-order valence-electron chi connectivity index (χ4n) is 2.84. The van der Waals surface area contributed by atoms with E-state index < -0.39 is 0 Å². The lowest BCUT2D eigenvalue weighted by Crippen LogP contribution is -2.33. The van der Waals surface area contributed by atoms with Gasteiger partial charge in [-0.05, 0) is 65.1 Å². The summed E-state index contributed by atoms with van der Waals surface area (Å²) in [6, 6.07) is 0. The van der Waals surface area contributed by atoms with Crippen molar-refractivity contribution in [1.29, 1.82) is 0 Å². The van der Waals surface area contributed by atoms with E-state index in [4.69, 9.17) is 14.7 Å². The molecule has 4 nitrogen and oxygen atoms in total. The highest BCUT2D eigenvalue weighted by molar-refractivity contribution is 5.26. The molecule has 0 bridgehead atoms. The Hall–Kier alpha value is -1.00. The van der Waals surface area contributed by atoms with Gasteiger partial charge in [0, 0.05) is 18.0 Å². The standard InChI is InChI=1S/C16H27N3O/c1-5-17-10-8-14-12(2)18-15(19-13(14)3)16(4)9-6-7-11-20-16/h17H,5-11H2,1-4H3. The minimum absolute atomic E-state index is 0.298. The average molecular weight is 277 g/mol. The quantitative estimate of drug-likeness (QED) is 0.841. The van der Waals surface area contributed by atoms with Gasteiger partial charge >= 0.3 is 0 Å². The number of ether oxygens (including phenoxy) is 1. The van der Waals surface area contributed by atoms with E-state index in [1.807, 2.05) is 0 Å². The lowest BCUT2D eigenvalue weighted by Gasteiger charge is -2.33. The predicted molar refractivity (Wildman–Crippen MR) is 80.9 cm³/mol. The van der Waals surface area contributed by atoms with Gasteiger partial charge in [0.2, 0.25) is 0 Å². The Kier molecular flexibility index (Phi) is 5.11. The zero-order chi connectivity index (χ0) is 14.6. The SMILES string of the molecule is CCNCCc1c(C)nc(C2(C)CCCCO2)nc1C. The molecule has 4 heteroatoms. The largest absolute Gasteiger partial charge is 0.367 e. The van der Waals surface area contributed by atoms with E-state index in [0.29, 0.717) is 0 Å². The summed E-state index contributed by atoms with van der Waals surface area (Å²) in [6.07, 6.45) is 4.35. The van der Waals surface area contributed by atoms with Crippen molar-refractivity contribution in [2.24, 2.45) is 0 Å². The Morgan fingerprint density at radius 3 is 2.45 bits per heavy atom. The monoisotopic (exact) mass is 277 g/mol. The molecule has 0 saturated carbocycles. The van der Waals surface area contributed by atoms with E-state index in [1.165, 1.54) is 12.0 Å². The summed E-state index contributed by atoms with van der Waals surface area (Å²) in [5.74, 6) is 0.861. The van der Waals surface area contributed by atoms with E-state index in [0.717, 1.165) is 56.2 Å². The van der Waals surface area contributed by atoms with Gasteiger partial charge in [0.05, 0.1) is 0 Å². The maximum atomic E-state index is 5.96. The van der Waals surface area contributed by atoms with Crippen LogP contribution in [0.5, 0.6) is 0 Å². The van der Waals surface area contributed by atoms with Gasteiger partial charge in [-0.3, -0.25) is 0 Å². The van der Waals surface area contributed by atoms with Crippen LogP contribution >= 0.6 is 0 Å². The van der Waals surface area contributed by atoms with Gasteiger partial charge in [-0.25, -0.2) is 9.97 Å². The summed E-state index contributed by atoms with van der Waals surface area (Å²) in [4.78, 5) is 9.49. The molecule has 0 spiro atoms. The van der Waals surface area contributed by atoms with Crippen LogP contribution in [-0.4, -0.2) is 29.7 Å². The molecule has 1 saturated heterocycles. The van der Waals surface area contributed by atoms with Crippen molar-refractivity contribution < 1.29 is 4.74 Å². The minimum atomic E-state index is -0.298. The second kappa shape index (κ2) is 6.64. The maximum absolute atomic E-state index is 5.96. The van der Waals surface area contributed by atoms with Crippen LogP contribution in [0.2, 0.25) is 0 Å². The Morgan fingerprint density at radius 2 is 1.90 bits per heavy atom. The zero-order valence-corrected chi connectivity index (χ0v) is 13.3. The Bertz CT molecular complexity index is 430. The minimum Gasteiger partial charge on any atom is -0.367 e. The van der Waals surface area contributed by atoms with Crippen molar-refractivity contribution in [2.45, 2.75) is 59.0 Å². The highest BCUT2D eigenvalue weighted by Gasteiger charge is 2.33. The van der Waals surface area contributed by atoms with Gasteiger partial charge < -0.3 is 10.1 Å². The van der Waals surface area contributed by atoms with E-state index in [2.05, 4.69) is 33.0 Å². The Balaban J connectivity index is 2.20. The second-order valence-electron chi connectivity index (χ2n) is 5.84. The summed E-state index contributed by atoms with van der Waals surface area (Å²) in [5.41, 5.74) is 3.17. The number of likely N-dealkylation sites (N-methyl/N-ethyl adjacent to an activating group) is 1. The summed E-state index contributed by atoms with van der Waals surface area (Å²) in [6.45, 7) is 11.2. The highest BCUT2D eigenvalue weighted by Crippen LogP contribution is 2.33. The first-order valence-electron chi connectivity index (χ1n) is 7.76. The number of nitrogens with one attached hydrogen (secondary N) is 1. The second-order valence-corrected chi connectivity index (χ2v) is 5.84. The summed E-state index contributed by atoms with van der Waals surface area (Å²) in [5, 5.41) is 3.36. The third-order valence-electron chi connectivity index (χ3n) is 4.16. The van der Waals surface area contributed by atoms with Crippen LogP contribution < -0.4 is 5.32 Å². The van der Waals surface area contributed by atoms with E-state index in [9.17, 15) is 0 Å². The first-order chi connectivity index (χ1) is 9.57. The van der Waals surface area contributed by atoms with Crippen molar-refractivity contribution in [1.82, 2.24) is 15.3 Å². The molecule has 1 aromatic heterocycles. The lowest BCUT2D eigenvalue weighted by atomic mass is 9.94. The molecule has 2 rings (SSSR count). The lowest BCUT2D eigenvalue weighted by molar-refractivity contribution is -0.0762. The molecule has 1 aliphatic rings. The fraction of sp³-hybridized carbons (Fsp3) is 0.750. The Labute approximate surface area is 122 Å². The average Bonchev–Trinajstić information content (AvgIpc) is 2.42. The summed E-state index contributed by atoms with van der Waals surface area (Å²) >= 11 is 0. The maximum Gasteiger partial charge on any atom is 0.160 e. The number of aryl methyl sites for hydroxylation is 2. The third kappa shape index (κ3) is 3.36. The molecule has 112 valence electrons. The number of hydrogen-bond donors (Lipinski definition) is 1. The van der Waals surface area contributed by atoms with E-state index >= 15 is 0 Å². The van der Waals surface area contributed by atoms with Crippen LogP contribution in [0.25, 0.3) is 0 Å². The van der Waals surface area contributed by atoms with Crippen molar-refractivity contribution in [3.05, 3.63) is 22.8 Å². The molecular formula is C16H27N3O. The van der Waals surface area contributed by atoms with Crippen LogP contribution in [0.15, 0.2) is 0 Å². The first kappa shape index (κ1) is 15.4. The number of aromatic nitrogens is 2. The first-order valence-corrected chi connectivity index (χ1v) is 7.76. The van der Waals surface area contributed by atoms with Gasteiger partial charge in [-0.1, -0.05) is 6.92 Å². The van der Waals surface area contributed by atoms with Gasteiger partial charge in [-0.2, -0.15) is 0 Å². The number of rotatable bonds is 5. The fourth-order valence-corrected chi connectivity index (χ4v) is 2.84. The number of hydrogen-bond acceptors (Lipinski definition) is 4.